The lowest BCUT2D eigenvalue weighted by molar-refractivity contribution is -0.113. The summed E-state index contributed by atoms with van der Waals surface area (Å²) < 4.78 is 2.58. The van der Waals surface area contributed by atoms with E-state index in [1.807, 2.05) is 69.3 Å². The van der Waals surface area contributed by atoms with E-state index in [0.29, 0.717) is 9.23 Å². The summed E-state index contributed by atoms with van der Waals surface area (Å²) in [6.45, 7) is 5.87. The van der Waals surface area contributed by atoms with E-state index >= 15 is 0 Å². The van der Waals surface area contributed by atoms with Crippen LogP contribution in [0.1, 0.15) is 32.9 Å². The highest BCUT2D eigenvalue weighted by molar-refractivity contribution is 8.27. The Bertz CT molecular complexity index is 1260. The first-order valence-corrected chi connectivity index (χ1v) is 10.9. The number of carbonyl (C=O) groups is 2. The van der Waals surface area contributed by atoms with Crippen molar-refractivity contribution in [3.05, 3.63) is 87.6 Å². The molecule has 5 nitrogen and oxygen atoms in total. The minimum Gasteiger partial charge on any atom is -0.478 e. The molecule has 0 saturated carbocycles. The van der Waals surface area contributed by atoms with Crippen molar-refractivity contribution in [3.8, 4) is 5.69 Å². The Morgan fingerprint density at radius 2 is 1.77 bits per heavy atom. The van der Waals surface area contributed by atoms with Gasteiger partial charge in [0.1, 0.15) is 0 Å². The summed E-state index contributed by atoms with van der Waals surface area (Å²) in [5.74, 6) is -1.08. The number of carboxylic acids is 1. The molecule has 0 atom stereocenters. The summed E-state index contributed by atoms with van der Waals surface area (Å²) in [5, 5.41) is 9.23. The van der Waals surface area contributed by atoms with Crippen LogP contribution in [0.15, 0.2) is 59.5 Å². The highest BCUT2D eigenvalue weighted by Gasteiger charge is 2.33. The maximum Gasteiger partial charge on any atom is 0.335 e. The summed E-state index contributed by atoms with van der Waals surface area (Å²) in [5.41, 5.74) is 5.68. The molecule has 4 rings (SSSR count). The molecule has 31 heavy (non-hydrogen) atoms. The number of carbonyl (C=O) groups excluding carboxylic acids is 1. The minimum absolute atomic E-state index is 0.131. The van der Waals surface area contributed by atoms with Gasteiger partial charge in [-0.15, -0.1) is 0 Å². The van der Waals surface area contributed by atoms with Crippen LogP contribution in [0.2, 0.25) is 0 Å². The van der Waals surface area contributed by atoms with E-state index in [0.717, 1.165) is 33.9 Å². The molecule has 1 amide bonds. The highest BCUT2D eigenvalue weighted by atomic mass is 32.2. The van der Waals surface area contributed by atoms with Gasteiger partial charge in [0.25, 0.3) is 5.91 Å². The van der Waals surface area contributed by atoms with Crippen molar-refractivity contribution < 1.29 is 14.7 Å². The number of amides is 1. The molecule has 3 aromatic rings. The number of benzene rings is 2. The molecule has 1 N–H and O–H groups in total. The van der Waals surface area contributed by atoms with Gasteiger partial charge in [-0.2, -0.15) is 0 Å². The number of aryl methyl sites for hydroxylation is 2. The third-order valence-electron chi connectivity index (χ3n) is 5.25. The Morgan fingerprint density at radius 3 is 2.42 bits per heavy atom. The van der Waals surface area contributed by atoms with Crippen LogP contribution in [0, 0.1) is 20.8 Å². The van der Waals surface area contributed by atoms with Crippen LogP contribution in [0.4, 0.5) is 5.69 Å². The lowest BCUT2D eigenvalue weighted by atomic mass is 10.1. The third kappa shape index (κ3) is 3.82. The second-order valence-corrected chi connectivity index (χ2v) is 9.00. The molecule has 7 heteroatoms. The Balaban J connectivity index is 1.72. The van der Waals surface area contributed by atoms with Gasteiger partial charge in [0.05, 0.1) is 16.2 Å². The van der Waals surface area contributed by atoms with E-state index in [9.17, 15) is 14.7 Å². The zero-order valence-electron chi connectivity index (χ0n) is 17.2. The molecule has 0 unspecified atom stereocenters. The van der Waals surface area contributed by atoms with Crippen molar-refractivity contribution in [1.82, 2.24) is 4.57 Å². The van der Waals surface area contributed by atoms with Gasteiger partial charge in [-0.3, -0.25) is 9.69 Å². The topological polar surface area (TPSA) is 62.5 Å². The monoisotopic (exact) mass is 448 g/mol. The lowest BCUT2D eigenvalue weighted by Crippen LogP contribution is -2.27. The third-order valence-corrected chi connectivity index (χ3v) is 6.55. The number of hydrogen-bond donors (Lipinski definition) is 1. The molecule has 1 aliphatic heterocycles. The Labute approximate surface area is 190 Å². The van der Waals surface area contributed by atoms with Gasteiger partial charge in [-0.05, 0) is 74.4 Å². The molecule has 1 aliphatic rings. The quantitative estimate of drug-likeness (QED) is 0.421. The Morgan fingerprint density at radius 1 is 1.06 bits per heavy atom. The number of hydrogen-bond acceptors (Lipinski definition) is 4. The van der Waals surface area contributed by atoms with E-state index in [1.165, 1.54) is 11.8 Å². The number of rotatable bonds is 4. The second kappa shape index (κ2) is 8.17. The van der Waals surface area contributed by atoms with Crippen LogP contribution < -0.4 is 4.90 Å². The first-order chi connectivity index (χ1) is 14.8. The van der Waals surface area contributed by atoms with Crippen molar-refractivity contribution in [3.63, 3.8) is 0 Å². The van der Waals surface area contributed by atoms with Crippen molar-refractivity contribution in [2.75, 3.05) is 4.90 Å². The predicted molar refractivity (Wildman–Crippen MR) is 129 cm³/mol. The molecule has 0 radical (unpaired) electrons. The second-order valence-electron chi connectivity index (χ2n) is 7.32. The lowest BCUT2D eigenvalue weighted by Gasteiger charge is -2.14. The van der Waals surface area contributed by atoms with Gasteiger partial charge < -0.3 is 9.67 Å². The molecule has 1 saturated heterocycles. The summed E-state index contributed by atoms with van der Waals surface area (Å²) >= 11 is 6.75. The number of para-hydroxylation sites is 1. The number of thioether (sulfide) groups is 1. The van der Waals surface area contributed by atoms with Crippen LogP contribution in [-0.2, 0) is 4.79 Å². The molecule has 0 spiro atoms. The molecule has 0 bridgehead atoms. The number of anilines is 1. The van der Waals surface area contributed by atoms with Gasteiger partial charge in [0.15, 0.2) is 4.32 Å². The smallest absolute Gasteiger partial charge is 0.335 e. The van der Waals surface area contributed by atoms with Crippen LogP contribution in [0.3, 0.4) is 0 Å². The van der Waals surface area contributed by atoms with Gasteiger partial charge in [-0.25, -0.2) is 4.79 Å². The molecule has 1 fully saturated rings. The summed E-state index contributed by atoms with van der Waals surface area (Å²) in [7, 11) is 0. The molecule has 1 aromatic heterocycles. The molecule has 156 valence electrons. The van der Waals surface area contributed by atoms with Crippen LogP contribution in [0.25, 0.3) is 11.8 Å². The molecular weight excluding hydrogens is 428 g/mol. The molecular formula is C24H20N2O3S2. The minimum atomic E-state index is -0.947. The van der Waals surface area contributed by atoms with Gasteiger partial charge in [-0.1, -0.05) is 42.2 Å². The standard InChI is InChI=1S/C24H20N2O3S2/c1-14-11-17(23(28)29)9-10-20(14)25-15(2)12-18(16(25)3)13-21-22(27)26(24(30)31-21)19-7-5-4-6-8-19/h4-13H,1-3H3,(H,28,29)/b21-13+. The average molecular weight is 449 g/mol. The van der Waals surface area contributed by atoms with Gasteiger partial charge in [0.2, 0.25) is 0 Å². The van der Waals surface area contributed by atoms with Gasteiger partial charge in [0, 0.05) is 17.1 Å². The first-order valence-electron chi connectivity index (χ1n) is 9.64. The maximum absolute atomic E-state index is 13.0. The number of carboxylic acid groups (broad SMARTS) is 1. The highest BCUT2D eigenvalue weighted by Crippen LogP contribution is 2.37. The van der Waals surface area contributed by atoms with Crippen molar-refractivity contribution in [2.24, 2.45) is 0 Å². The average Bonchev–Trinajstić information content (AvgIpc) is 3.17. The summed E-state index contributed by atoms with van der Waals surface area (Å²) in [4.78, 5) is 26.4. The summed E-state index contributed by atoms with van der Waals surface area (Å²) in [6, 6.07) is 16.5. The fraction of sp³-hybridized carbons (Fsp3) is 0.125. The largest absolute Gasteiger partial charge is 0.478 e. The van der Waals surface area contributed by atoms with E-state index in [-0.39, 0.29) is 11.5 Å². The fourth-order valence-electron chi connectivity index (χ4n) is 3.75. The van der Waals surface area contributed by atoms with Crippen molar-refractivity contribution in [2.45, 2.75) is 20.8 Å². The summed E-state index contributed by atoms with van der Waals surface area (Å²) in [6.07, 6.45) is 1.88. The zero-order chi connectivity index (χ0) is 22.3. The Hall–Kier alpha value is -3.16. The van der Waals surface area contributed by atoms with Crippen LogP contribution >= 0.6 is 24.0 Å². The fourth-order valence-corrected chi connectivity index (χ4v) is 5.04. The van der Waals surface area contributed by atoms with Crippen LogP contribution in [-0.4, -0.2) is 25.9 Å². The van der Waals surface area contributed by atoms with Crippen molar-refractivity contribution in [1.29, 1.82) is 0 Å². The molecule has 2 heterocycles. The maximum atomic E-state index is 13.0. The number of aromatic carboxylic acids is 1. The van der Waals surface area contributed by atoms with Crippen molar-refractivity contribution >= 4 is 51.9 Å². The zero-order valence-corrected chi connectivity index (χ0v) is 18.9. The molecule has 0 aliphatic carbocycles. The van der Waals surface area contributed by atoms with Crippen LogP contribution in [0.5, 0.6) is 0 Å². The number of nitrogens with zero attached hydrogens (tertiary/aromatic N) is 2. The predicted octanol–water partition coefficient (Wildman–Crippen LogP) is 5.51. The normalized spacial score (nSPS) is 15.2. The number of thiocarbonyl (C=S) groups is 1. The number of aromatic nitrogens is 1. The molecule has 2 aromatic carbocycles. The first kappa shape index (κ1) is 21.1. The van der Waals surface area contributed by atoms with Gasteiger partial charge >= 0.3 is 5.97 Å². The Kier molecular flexibility index (Phi) is 5.56. The van der Waals surface area contributed by atoms with E-state index in [2.05, 4.69) is 4.57 Å². The van der Waals surface area contributed by atoms with E-state index in [4.69, 9.17) is 12.2 Å². The SMILES string of the molecule is Cc1cc(C(=O)O)ccc1-n1c(C)cc(/C=C2/SC(=S)N(c3ccccc3)C2=O)c1C. The van der Waals surface area contributed by atoms with E-state index < -0.39 is 5.97 Å². The van der Waals surface area contributed by atoms with E-state index in [1.54, 1.807) is 17.0 Å².